The normalized spacial score (nSPS) is 12.0. The average molecular weight is 384 g/mol. The minimum absolute atomic E-state index is 0.143. The number of hydrogen-bond acceptors (Lipinski definition) is 5. The molecule has 1 N–H and O–H groups in total. The maximum Gasteiger partial charge on any atom is 0.141 e. The van der Waals surface area contributed by atoms with Gasteiger partial charge in [-0.05, 0) is 56.2 Å². The van der Waals surface area contributed by atoms with Crippen LogP contribution in [0.5, 0.6) is 11.5 Å². The van der Waals surface area contributed by atoms with Crippen LogP contribution in [0.25, 0.3) is 11.1 Å². The third kappa shape index (κ3) is 4.70. The molecule has 0 amide bonds. The number of ether oxygens (including phenoxy) is 2. The molecule has 1 aromatic heterocycles. The van der Waals surface area contributed by atoms with Gasteiger partial charge in [0.1, 0.15) is 29.7 Å². The highest BCUT2D eigenvalue weighted by Gasteiger charge is 2.14. The van der Waals surface area contributed by atoms with Gasteiger partial charge in [0.25, 0.3) is 0 Å². The molecule has 0 spiro atoms. The van der Waals surface area contributed by atoms with E-state index in [1.54, 1.807) is 13.2 Å². The molecule has 0 bridgehead atoms. The monoisotopic (exact) mass is 384 g/mol. The molecule has 0 radical (unpaired) electrons. The van der Waals surface area contributed by atoms with Crippen molar-refractivity contribution in [2.75, 3.05) is 20.3 Å². The van der Waals surface area contributed by atoms with Crippen LogP contribution < -0.4 is 14.8 Å². The Hall–Kier alpha value is -2.86. The Labute approximate surface area is 164 Å². The molecule has 0 unspecified atom stereocenters. The molecule has 3 rings (SSSR count). The maximum absolute atomic E-state index is 14.1. The number of methoxy groups -OCH3 is 1. The zero-order valence-electron chi connectivity index (χ0n) is 16.6. The van der Waals surface area contributed by atoms with Gasteiger partial charge in [0, 0.05) is 24.2 Å². The van der Waals surface area contributed by atoms with E-state index < -0.39 is 0 Å². The standard InChI is InChI=1S/C22H25FN2O3/c1-14(17-6-5-7-20(11-17)26-4)24-8-9-27-21-12-18(10-19(23)13-21)22-15(2)25-28-16(22)3/h5-7,10-14,24H,8-9H2,1-4H3/t14-/m1/s1. The highest BCUT2D eigenvalue weighted by atomic mass is 19.1. The summed E-state index contributed by atoms with van der Waals surface area (Å²) < 4.78 is 30.3. The summed E-state index contributed by atoms with van der Waals surface area (Å²) in [4.78, 5) is 0. The van der Waals surface area contributed by atoms with Crippen LogP contribution in [0.4, 0.5) is 4.39 Å². The number of aryl methyl sites for hydroxylation is 2. The predicted molar refractivity (Wildman–Crippen MR) is 106 cm³/mol. The Morgan fingerprint density at radius 1 is 1.14 bits per heavy atom. The highest BCUT2D eigenvalue weighted by molar-refractivity contribution is 5.69. The van der Waals surface area contributed by atoms with Crippen LogP contribution in [0.3, 0.4) is 0 Å². The molecule has 1 atom stereocenters. The second kappa shape index (κ2) is 8.89. The Morgan fingerprint density at radius 2 is 1.96 bits per heavy atom. The van der Waals surface area contributed by atoms with E-state index in [0.29, 0.717) is 30.2 Å². The summed E-state index contributed by atoms with van der Waals surface area (Å²) in [5.74, 6) is 1.60. The van der Waals surface area contributed by atoms with E-state index in [-0.39, 0.29) is 11.9 Å². The van der Waals surface area contributed by atoms with E-state index in [0.717, 1.165) is 22.6 Å². The van der Waals surface area contributed by atoms with E-state index in [1.807, 2.05) is 38.1 Å². The van der Waals surface area contributed by atoms with Gasteiger partial charge in [-0.2, -0.15) is 0 Å². The number of rotatable bonds is 8. The van der Waals surface area contributed by atoms with Gasteiger partial charge in [-0.1, -0.05) is 17.3 Å². The molecule has 1 heterocycles. The van der Waals surface area contributed by atoms with E-state index >= 15 is 0 Å². The summed E-state index contributed by atoms with van der Waals surface area (Å²) in [6, 6.07) is 12.7. The fourth-order valence-corrected chi connectivity index (χ4v) is 3.16. The van der Waals surface area contributed by atoms with Crippen molar-refractivity contribution in [3.05, 3.63) is 65.3 Å². The Morgan fingerprint density at radius 3 is 2.68 bits per heavy atom. The molecular weight excluding hydrogens is 359 g/mol. The number of halogens is 1. The minimum Gasteiger partial charge on any atom is -0.497 e. The molecule has 0 aliphatic rings. The van der Waals surface area contributed by atoms with Gasteiger partial charge in [0.15, 0.2) is 0 Å². The topological polar surface area (TPSA) is 56.5 Å². The van der Waals surface area contributed by atoms with Crippen molar-refractivity contribution < 1.29 is 18.4 Å². The van der Waals surface area contributed by atoms with Gasteiger partial charge in [-0.3, -0.25) is 0 Å². The second-order valence-corrected chi connectivity index (χ2v) is 6.68. The molecular formula is C22H25FN2O3. The molecule has 5 nitrogen and oxygen atoms in total. The molecule has 0 aliphatic carbocycles. The molecule has 28 heavy (non-hydrogen) atoms. The third-order valence-electron chi connectivity index (χ3n) is 4.61. The maximum atomic E-state index is 14.1. The third-order valence-corrected chi connectivity index (χ3v) is 4.61. The quantitative estimate of drug-likeness (QED) is 0.564. The Kier molecular flexibility index (Phi) is 6.31. The molecule has 0 aliphatic heterocycles. The van der Waals surface area contributed by atoms with Gasteiger partial charge in [0.2, 0.25) is 0 Å². The first-order valence-electron chi connectivity index (χ1n) is 9.22. The largest absolute Gasteiger partial charge is 0.497 e. The second-order valence-electron chi connectivity index (χ2n) is 6.68. The average Bonchev–Trinajstić information content (AvgIpc) is 3.03. The lowest BCUT2D eigenvalue weighted by Gasteiger charge is -2.16. The molecule has 148 valence electrons. The van der Waals surface area contributed by atoms with E-state index in [2.05, 4.69) is 17.4 Å². The molecule has 0 fully saturated rings. The van der Waals surface area contributed by atoms with E-state index in [9.17, 15) is 4.39 Å². The van der Waals surface area contributed by atoms with Crippen molar-refractivity contribution >= 4 is 0 Å². The van der Waals surface area contributed by atoms with Crippen LogP contribution >= 0.6 is 0 Å². The summed E-state index contributed by atoms with van der Waals surface area (Å²) in [7, 11) is 1.65. The Bertz CT molecular complexity index is 920. The Balaban J connectivity index is 1.59. The van der Waals surface area contributed by atoms with Crippen LogP contribution in [0.2, 0.25) is 0 Å². The van der Waals surface area contributed by atoms with Crippen molar-refractivity contribution in [3.8, 4) is 22.6 Å². The molecule has 3 aromatic rings. The summed E-state index contributed by atoms with van der Waals surface area (Å²) in [6.45, 7) is 6.76. The van der Waals surface area contributed by atoms with Crippen molar-refractivity contribution in [2.24, 2.45) is 0 Å². The van der Waals surface area contributed by atoms with Gasteiger partial charge in [-0.25, -0.2) is 4.39 Å². The van der Waals surface area contributed by atoms with Crippen LogP contribution in [0.1, 0.15) is 30.0 Å². The van der Waals surface area contributed by atoms with Gasteiger partial charge in [0.05, 0.1) is 12.8 Å². The fourth-order valence-electron chi connectivity index (χ4n) is 3.16. The first-order valence-corrected chi connectivity index (χ1v) is 9.22. The van der Waals surface area contributed by atoms with Crippen molar-refractivity contribution in [1.29, 1.82) is 0 Å². The van der Waals surface area contributed by atoms with Crippen molar-refractivity contribution in [1.82, 2.24) is 10.5 Å². The molecule has 0 saturated carbocycles. The van der Waals surface area contributed by atoms with Gasteiger partial charge < -0.3 is 19.3 Å². The highest BCUT2D eigenvalue weighted by Crippen LogP contribution is 2.30. The van der Waals surface area contributed by atoms with Crippen LogP contribution in [0, 0.1) is 19.7 Å². The van der Waals surface area contributed by atoms with Crippen molar-refractivity contribution in [2.45, 2.75) is 26.8 Å². The zero-order valence-corrected chi connectivity index (χ0v) is 16.6. The zero-order chi connectivity index (χ0) is 20.1. The first kappa shape index (κ1) is 19.9. The predicted octanol–water partition coefficient (Wildman–Crippen LogP) is 4.84. The number of hydrogen-bond donors (Lipinski definition) is 1. The first-order chi connectivity index (χ1) is 13.5. The summed E-state index contributed by atoms with van der Waals surface area (Å²) in [5, 5.41) is 7.33. The molecule has 6 heteroatoms. The lowest BCUT2D eigenvalue weighted by Crippen LogP contribution is -2.24. The van der Waals surface area contributed by atoms with Crippen molar-refractivity contribution in [3.63, 3.8) is 0 Å². The van der Waals surface area contributed by atoms with Crippen LogP contribution in [0.15, 0.2) is 47.0 Å². The molecule has 0 saturated heterocycles. The number of nitrogens with one attached hydrogen (secondary N) is 1. The SMILES string of the molecule is COc1cccc([C@@H](C)NCCOc2cc(F)cc(-c3c(C)noc3C)c2)c1. The number of aromatic nitrogens is 1. The molecule has 2 aromatic carbocycles. The van der Waals surface area contributed by atoms with E-state index in [1.165, 1.54) is 12.1 Å². The lowest BCUT2D eigenvalue weighted by atomic mass is 10.0. The van der Waals surface area contributed by atoms with Gasteiger partial charge in [-0.15, -0.1) is 0 Å². The van der Waals surface area contributed by atoms with Crippen LogP contribution in [-0.2, 0) is 0 Å². The smallest absolute Gasteiger partial charge is 0.141 e. The van der Waals surface area contributed by atoms with E-state index in [4.69, 9.17) is 14.0 Å². The summed E-state index contributed by atoms with van der Waals surface area (Å²) in [6.07, 6.45) is 0. The summed E-state index contributed by atoms with van der Waals surface area (Å²) in [5.41, 5.74) is 3.35. The van der Waals surface area contributed by atoms with Crippen LogP contribution in [-0.4, -0.2) is 25.4 Å². The number of nitrogens with zero attached hydrogens (tertiary/aromatic N) is 1. The summed E-state index contributed by atoms with van der Waals surface area (Å²) >= 11 is 0. The fraction of sp³-hybridized carbons (Fsp3) is 0.318. The van der Waals surface area contributed by atoms with Gasteiger partial charge >= 0.3 is 0 Å². The number of benzene rings is 2. The minimum atomic E-state index is -0.356. The lowest BCUT2D eigenvalue weighted by molar-refractivity contribution is 0.306.